The summed E-state index contributed by atoms with van der Waals surface area (Å²) in [5.74, 6) is 2.93. The fraction of sp³-hybridized carbons (Fsp3) is 0.478. The average Bonchev–Trinajstić information content (AvgIpc) is 2.81. The van der Waals surface area contributed by atoms with Gasteiger partial charge in [-0.1, -0.05) is 25.1 Å². The van der Waals surface area contributed by atoms with Gasteiger partial charge in [-0.25, -0.2) is 9.98 Å². The van der Waals surface area contributed by atoms with Crippen LogP contribution in [0.5, 0.6) is 0 Å². The van der Waals surface area contributed by atoms with Crippen molar-refractivity contribution < 1.29 is 0 Å². The van der Waals surface area contributed by atoms with Crippen LogP contribution >= 0.6 is 35.7 Å². The minimum absolute atomic E-state index is 0. The van der Waals surface area contributed by atoms with Gasteiger partial charge in [-0.2, -0.15) is 0 Å². The Morgan fingerprint density at radius 2 is 1.84 bits per heavy atom. The van der Waals surface area contributed by atoms with Gasteiger partial charge in [0.2, 0.25) is 0 Å². The van der Waals surface area contributed by atoms with Crippen LogP contribution < -0.4 is 15.5 Å². The molecule has 2 heterocycles. The topological polar surface area (TPSA) is 55.8 Å². The third-order valence-electron chi connectivity index (χ3n) is 5.12. The van der Waals surface area contributed by atoms with Crippen molar-refractivity contribution in [1.29, 1.82) is 0 Å². The first-order valence-corrected chi connectivity index (χ1v) is 11.9. The van der Waals surface area contributed by atoms with E-state index in [1.165, 1.54) is 10.5 Å². The number of piperazine rings is 1. The van der Waals surface area contributed by atoms with E-state index in [1.807, 2.05) is 24.0 Å². The van der Waals surface area contributed by atoms with E-state index in [-0.39, 0.29) is 24.0 Å². The van der Waals surface area contributed by atoms with E-state index >= 15 is 0 Å². The van der Waals surface area contributed by atoms with Crippen LogP contribution in [0.3, 0.4) is 0 Å². The van der Waals surface area contributed by atoms with Crippen LogP contribution in [-0.2, 0) is 6.54 Å². The number of nitrogens with one attached hydrogen (secondary N) is 2. The van der Waals surface area contributed by atoms with Gasteiger partial charge in [0.15, 0.2) is 5.96 Å². The first kappa shape index (κ1) is 25.7. The highest BCUT2D eigenvalue weighted by atomic mass is 127. The number of halogens is 1. The Kier molecular flexibility index (Phi) is 12.1. The second-order valence-corrected chi connectivity index (χ2v) is 8.40. The van der Waals surface area contributed by atoms with E-state index in [2.05, 4.69) is 75.7 Å². The van der Waals surface area contributed by atoms with Crippen molar-refractivity contribution >= 4 is 47.5 Å². The van der Waals surface area contributed by atoms with E-state index in [9.17, 15) is 0 Å². The Labute approximate surface area is 208 Å². The lowest BCUT2D eigenvalue weighted by Gasteiger charge is -2.34. The normalized spacial score (nSPS) is 14.8. The molecule has 1 aliphatic heterocycles. The quantitative estimate of drug-likeness (QED) is 0.162. The smallest absolute Gasteiger partial charge is 0.191 e. The van der Waals surface area contributed by atoms with Crippen molar-refractivity contribution in [1.82, 2.24) is 20.5 Å². The molecule has 0 radical (unpaired) electrons. The summed E-state index contributed by atoms with van der Waals surface area (Å²) in [7, 11) is 0. The summed E-state index contributed by atoms with van der Waals surface area (Å²) in [5, 5.41) is 6.78. The maximum absolute atomic E-state index is 4.77. The molecule has 0 aliphatic carbocycles. The van der Waals surface area contributed by atoms with Crippen LogP contribution in [0, 0.1) is 0 Å². The number of pyridine rings is 1. The van der Waals surface area contributed by atoms with E-state index in [0.717, 1.165) is 63.3 Å². The SMILES string of the molecule is CCNC(=NCc1ccnc(N2CCN(CC)CC2)c1)NCCSc1ccccc1.I. The number of hydrogen-bond acceptors (Lipinski definition) is 5. The Morgan fingerprint density at radius 1 is 1.06 bits per heavy atom. The molecule has 8 heteroatoms. The van der Waals surface area contributed by atoms with Gasteiger partial charge < -0.3 is 20.4 Å². The lowest BCUT2D eigenvalue weighted by Crippen LogP contribution is -2.46. The van der Waals surface area contributed by atoms with Crippen LogP contribution in [0.2, 0.25) is 0 Å². The number of aromatic nitrogens is 1. The zero-order valence-electron chi connectivity index (χ0n) is 18.6. The van der Waals surface area contributed by atoms with Crippen LogP contribution in [0.15, 0.2) is 58.5 Å². The first-order valence-electron chi connectivity index (χ1n) is 10.9. The molecule has 1 aromatic heterocycles. The molecule has 0 amide bonds. The summed E-state index contributed by atoms with van der Waals surface area (Å²) in [5.41, 5.74) is 1.19. The molecule has 0 bridgehead atoms. The molecule has 31 heavy (non-hydrogen) atoms. The predicted octanol–water partition coefficient (Wildman–Crippen LogP) is 3.69. The Bertz CT molecular complexity index is 781. The number of likely N-dealkylation sites (N-methyl/N-ethyl adjacent to an activating group) is 1. The van der Waals surface area contributed by atoms with Crippen LogP contribution in [-0.4, -0.2) is 67.4 Å². The van der Waals surface area contributed by atoms with E-state index in [0.29, 0.717) is 6.54 Å². The molecule has 1 saturated heterocycles. The molecule has 3 rings (SSSR count). The summed E-state index contributed by atoms with van der Waals surface area (Å²) in [6.07, 6.45) is 1.91. The van der Waals surface area contributed by atoms with Gasteiger partial charge in [0.25, 0.3) is 0 Å². The average molecular weight is 555 g/mol. The highest BCUT2D eigenvalue weighted by Crippen LogP contribution is 2.16. The lowest BCUT2D eigenvalue weighted by atomic mass is 10.2. The summed E-state index contributed by atoms with van der Waals surface area (Å²) in [4.78, 5) is 15.5. The van der Waals surface area contributed by atoms with Gasteiger partial charge >= 0.3 is 0 Å². The van der Waals surface area contributed by atoms with Gasteiger partial charge in [0.05, 0.1) is 6.54 Å². The Hall–Kier alpha value is -1.52. The van der Waals surface area contributed by atoms with Crippen molar-refractivity contribution in [3.8, 4) is 0 Å². The number of thioether (sulfide) groups is 1. The molecule has 0 atom stereocenters. The van der Waals surface area contributed by atoms with Crippen molar-refractivity contribution in [3.05, 3.63) is 54.2 Å². The number of guanidine groups is 1. The highest BCUT2D eigenvalue weighted by Gasteiger charge is 2.16. The molecule has 1 aromatic carbocycles. The van der Waals surface area contributed by atoms with E-state index in [1.54, 1.807) is 0 Å². The lowest BCUT2D eigenvalue weighted by molar-refractivity contribution is 0.270. The highest BCUT2D eigenvalue weighted by molar-refractivity contribution is 14.0. The molecule has 2 aromatic rings. The van der Waals surface area contributed by atoms with E-state index < -0.39 is 0 Å². The molecule has 2 N–H and O–H groups in total. The number of aliphatic imine (C=N–C) groups is 1. The maximum atomic E-state index is 4.77. The summed E-state index contributed by atoms with van der Waals surface area (Å²) >= 11 is 1.85. The third-order valence-corrected chi connectivity index (χ3v) is 6.14. The summed E-state index contributed by atoms with van der Waals surface area (Å²) in [6, 6.07) is 14.7. The molecule has 0 saturated carbocycles. The second kappa shape index (κ2) is 14.5. The monoisotopic (exact) mass is 554 g/mol. The van der Waals surface area contributed by atoms with Gasteiger partial charge in [-0.15, -0.1) is 35.7 Å². The van der Waals surface area contributed by atoms with Crippen LogP contribution in [0.1, 0.15) is 19.4 Å². The molecule has 0 unspecified atom stereocenters. The largest absolute Gasteiger partial charge is 0.357 e. The summed E-state index contributed by atoms with van der Waals surface area (Å²) in [6.45, 7) is 12.1. The zero-order valence-corrected chi connectivity index (χ0v) is 21.7. The molecule has 1 fully saturated rings. The molecule has 0 spiro atoms. The molecule has 6 nitrogen and oxygen atoms in total. The van der Waals surface area contributed by atoms with Gasteiger partial charge in [0, 0.05) is 56.1 Å². The number of benzene rings is 1. The van der Waals surface area contributed by atoms with Gasteiger partial charge in [0.1, 0.15) is 5.82 Å². The summed E-state index contributed by atoms with van der Waals surface area (Å²) < 4.78 is 0. The minimum Gasteiger partial charge on any atom is -0.357 e. The Morgan fingerprint density at radius 3 is 2.55 bits per heavy atom. The number of nitrogens with zero attached hydrogens (tertiary/aromatic N) is 4. The molecular formula is C23H35IN6S. The van der Waals surface area contributed by atoms with Crippen molar-refractivity contribution in [2.45, 2.75) is 25.3 Å². The number of anilines is 1. The molecule has 170 valence electrons. The van der Waals surface area contributed by atoms with Gasteiger partial charge in [-0.3, -0.25) is 0 Å². The standard InChI is InChI=1S/C23H34N6S.HI/c1-3-24-23(26-12-17-30-21-8-6-5-7-9-21)27-19-20-10-11-25-22(18-20)29-15-13-28(4-2)14-16-29;/h5-11,18H,3-4,12-17,19H2,1-2H3,(H2,24,26,27);1H. The number of rotatable bonds is 9. The van der Waals surface area contributed by atoms with Crippen LogP contribution in [0.25, 0.3) is 0 Å². The van der Waals surface area contributed by atoms with Crippen LogP contribution in [0.4, 0.5) is 5.82 Å². The maximum Gasteiger partial charge on any atom is 0.191 e. The van der Waals surface area contributed by atoms with Gasteiger partial charge in [-0.05, 0) is 43.3 Å². The van der Waals surface area contributed by atoms with Crippen molar-refractivity contribution in [2.24, 2.45) is 4.99 Å². The number of hydrogen-bond donors (Lipinski definition) is 2. The Balaban J connectivity index is 0.00000341. The zero-order chi connectivity index (χ0) is 21.0. The second-order valence-electron chi connectivity index (χ2n) is 7.23. The molecular weight excluding hydrogens is 519 g/mol. The van der Waals surface area contributed by atoms with E-state index in [4.69, 9.17) is 4.99 Å². The fourth-order valence-corrected chi connectivity index (χ4v) is 4.18. The van der Waals surface area contributed by atoms with Crippen molar-refractivity contribution in [3.63, 3.8) is 0 Å². The minimum atomic E-state index is 0. The third kappa shape index (κ3) is 8.86. The molecule has 1 aliphatic rings. The predicted molar refractivity (Wildman–Crippen MR) is 144 cm³/mol. The van der Waals surface area contributed by atoms with Crippen molar-refractivity contribution in [2.75, 3.05) is 56.5 Å². The fourth-order valence-electron chi connectivity index (χ4n) is 3.39. The first-order chi connectivity index (χ1) is 14.8.